The maximum absolute atomic E-state index is 13.8. The van der Waals surface area contributed by atoms with Crippen LogP contribution in [0.5, 0.6) is 5.75 Å². The van der Waals surface area contributed by atoms with Crippen molar-refractivity contribution in [3.8, 4) is 5.75 Å². The number of carbonyl (C=O) groups is 1. The lowest BCUT2D eigenvalue weighted by atomic mass is 9.85. The Morgan fingerprint density at radius 2 is 2.21 bits per heavy atom. The normalized spacial score (nSPS) is 19.8. The summed E-state index contributed by atoms with van der Waals surface area (Å²) < 4.78 is 18.7. The van der Waals surface area contributed by atoms with Crippen LogP contribution in [-0.2, 0) is 4.79 Å². The van der Waals surface area contributed by atoms with Crippen molar-refractivity contribution in [1.29, 1.82) is 0 Å². The van der Waals surface area contributed by atoms with Gasteiger partial charge in [0.1, 0.15) is 0 Å². The average molecular weight is 359 g/mol. The van der Waals surface area contributed by atoms with Gasteiger partial charge >= 0.3 is 0 Å². The largest absolute Gasteiger partial charge is 0.494 e. The van der Waals surface area contributed by atoms with Gasteiger partial charge in [0.25, 0.3) is 0 Å². The molecule has 0 radical (unpaired) electrons. The number of ether oxygens (including phenoxy) is 1. The Kier molecular flexibility index (Phi) is 8.50. The number of amides is 1. The first-order valence-electron chi connectivity index (χ1n) is 8.34. The Morgan fingerprint density at radius 1 is 1.46 bits per heavy atom. The zero-order valence-electron chi connectivity index (χ0n) is 14.6. The summed E-state index contributed by atoms with van der Waals surface area (Å²) >= 11 is 0. The minimum Gasteiger partial charge on any atom is -0.494 e. The maximum Gasteiger partial charge on any atom is 0.220 e. The van der Waals surface area contributed by atoms with Crippen LogP contribution < -0.4 is 15.4 Å². The van der Waals surface area contributed by atoms with Gasteiger partial charge in [0, 0.05) is 6.42 Å². The zero-order chi connectivity index (χ0) is 16.8. The Labute approximate surface area is 149 Å². The second-order valence-corrected chi connectivity index (χ2v) is 6.47. The van der Waals surface area contributed by atoms with E-state index < -0.39 is 5.82 Å². The highest BCUT2D eigenvalue weighted by atomic mass is 35.5. The van der Waals surface area contributed by atoms with Crippen LogP contribution in [0.25, 0.3) is 0 Å². The molecular weight excluding hydrogens is 331 g/mol. The third-order valence-corrected chi connectivity index (χ3v) is 4.70. The smallest absolute Gasteiger partial charge is 0.220 e. The van der Waals surface area contributed by atoms with Gasteiger partial charge in [0.05, 0.1) is 13.2 Å². The summed E-state index contributed by atoms with van der Waals surface area (Å²) in [4.78, 5) is 12.2. The molecule has 6 heteroatoms. The first-order valence-corrected chi connectivity index (χ1v) is 8.34. The van der Waals surface area contributed by atoms with Gasteiger partial charge in [-0.1, -0.05) is 13.0 Å². The maximum atomic E-state index is 13.8. The van der Waals surface area contributed by atoms with Gasteiger partial charge in [-0.2, -0.15) is 0 Å². The lowest BCUT2D eigenvalue weighted by molar-refractivity contribution is -0.123. The number of methoxy groups -OCH3 is 1. The van der Waals surface area contributed by atoms with Crippen molar-refractivity contribution >= 4 is 18.3 Å². The number of carbonyl (C=O) groups excluding carboxylic acids is 1. The first-order chi connectivity index (χ1) is 11.0. The van der Waals surface area contributed by atoms with Gasteiger partial charge in [-0.15, -0.1) is 12.4 Å². The summed E-state index contributed by atoms with van der Waals surface area (Å²) in [6, 6.07) is 4.56. The lowest BCUT2D eigenvalue weighted by Crippen LogP contribution is -2.36. The predicted molar refractivity (Wildman–Crippen MR) is 96.1 cm³/mol. The highest BCUT2D eigenvalue weighted by Gasteiger charge is 2.22. The molecule has 4 nitrogen and oxygen atoms in total. The topological polar surface area (TPSA) is 50.4 Å². The third kappa shape index (κ3) is 5.64. The molecule has 0 spiro atoms. The van der Waals surface area contributed by atoms with E-state index in [1.54, 1.807) is 12.1 Å². The molecule has 0 aromatic heterocycles. The van der Waals surface area contributed by atoms with Crippen LogP contribution >= 0.6 is 12.4 Å². The van der Waals surface area contributed by atoms with Gasteiger partial charge in [-0.25, -0.2) is 4.39 Å². The van der Waals surface area contributed by atoms with Gasteiger partial charge in [0.2, 0.25) is 5.91 Å². The van der Waals surface area contributed by atoms with Crippen molar-refractivity contribution in [1.82, 2.24) is 10.6 Å². The molecule has 1 aromatic carbocycles. The highest BCUT2D eigenvalue weighted by Crippen LogP contribution is 2.24. The van der Waals surface area contributed by atoms with Crippen LogP contribution in [0.4, 0.5) is 4.39 Å². The van der Waals surface area contributed by atoms with Crippen LogP contribution in [0, 0.1) is 17.7 Å². The predicted octanol–water partition coefficient (Wildman–Crippen LogP) is 3.46. The number of halogens is 2. The van der Waals surface area contributed by atoms with E-state index >= 15 is 0 Å². The summed E-state index contributed by atoms with van der Waals surface area (Å²) in [5, 5.41) is 6.35. The number of rotatable bonds is 6. The van der Waals surface area contributed by atoms with E-state index in [1.165, 1.54) is 26.0 Å². The van der Waals surface area contributed by atoms with Gasteiger partial charge < -0.3 is 15.4 Å². The summed E-state index contributed by atoms with van der Waals surface area (Å²) in [5.74, 6) is 0.732. The van der Waals surface area contributed by atoms with E-state index in [1.807, 2.05) is 6.92 Å². The van der Waals surface area contributed by atoms with Crippen molar-refractivity contribution in [2.24, 2.45) is 11.8 Å². The van der Waals surface area contributed by atoms with Crippen molar-refractivity contribution in [2.45, 2.75) is 39.2 Å². The van der Waals surface area contributed by atoms with Gasteiger partial charge in [-0.05, 0) is 62.4 Å². The molecule has 1 amide bonds. The molecule has 1 aliphatic rings. The molecule has 136 valence electrons. The summed E-state index contributed by atoms with van der Waals surface area (Å²) in [6.07, 6.45) is 2.87. The number of benzene rings is 1. The molecule has 1 aliphatic heterocycles. The quantitative estimate of drug-likeness (QED) is 0.818. The fourth-order valence-corrected chi connectivity index (χ4v) is 3.16. The molecule has 1 fully saturated rings. The monoisotopic (exact) mass is 358 g/mol. The molecule has 3 atom stereocenters. The second kappa shape index (κ2) is 9.84. The van der Waals surface area contributed by atoms with E-state index in [-0.39, 0.29) is 30.1 Å². The van der Waals surface area contributed by atoms with E-state index in [2.05, 4.69) is 17.6 Å². The molecule has 24 heavy (non-hydrogen) atoms. The van der Waals surface area contributed by atoms with Crippen LogP contribution in [0.1, 0.15) is 44.7 Å². The number of nitrogens with one attached hydrogen (secondary N) is 2. The fourth-order valence-electron chi connectivity index (χ4n) is 3.16. The molecule has 0 bridgehead atoms. The second-order valence-electron chi connectivity index (χ2n) is 6.47. The number of hydrogen-bond acceptors (Lipinski definition) is 3. The standard InChI is InChI=1S/C18H27FN2O2.ClH/c1-12(15-5-4-8-20-11-15)9-18(22)21-13(2)14-6-7-17(23-3)16(19)10-14;/h6-7,10,12-13,15,20H,4-5,8-9,11H2,1-3H3,(H,21,22);1H. The molecule has 2 rings (SSSR count). The molecule has 1 heterocycles. The highest BCUT2D eigenvalue weighted by molar-refractivity contribution is 5.85. The van der Waals surface area contributed by atoms with Crippen molar-refractivity contribution in [3.05, 3.63) is 29.6 Å². The summed E-state index contributed by atoms with van der Waals surface area (Å²) in [7, 11) is 1.44. The van der Waals surface area contributed by atoms with Crippen molar-refractivity contribution < 1.29 is 13.9 Å². The molecule has 2 N–H and O–H groups in total. The minimum absolute atomic E-state index is 0. The molecule has 1 saturated heterocycles. The summed E-state index contributed by atoms with van der Waals surface area (Å²) in [5.41, 5.74) is 0.739. The number of hydrogen-bond donors (Lipinski definition) is 2. The Bertz CT molecular complexity index is 536. The Balaban J connectivity index is 0.00000288. The molecule has 0 saturated carbocycles. The summed E-state index contributed by atoms with van der Waals surface area (Å²) in [6.45, 7) is 6.07. The fraction of sp³-hybridized carbons (Fsp3) is 0.611. The van der Waals surface area contributed by atoms with Crippen molar-refractivity contribution in [2.75, 3.05) is 20.2 Å². The van der Waals surface area contributed by atoms with Crippen molar-refractivity contribution in [3.63, 3.8) is 0 Å². The Morgan fingerprint density at radius 3 is 2.79 bits per heavy atom. The van der Waals surface area contributed by atoms with E-state index in [4.69, 9.17) is 4.74 Å². The molecule has 3 unspecified atom stereocenters. The molecular formula is C18H28ClFN2O2. The third-order valence-electron chi connectivity index (χ3n) is 4.70. The molecule has 1 aromatic rings. The van der Waals surface area contributed by atoms with Gasteiger partial charge in [0.15, 0.2) is 11.6 Å². The van der Waals surface area contributed by atoms with Crippen LogP contribution in [0.2, 0.25) is 0 Å². The minimum atomic E-state index is -0.409. The van der Waals surface area contributed by atoms with Gasteiger partial charge in [-0.3, -0.25) is 4.79 Å². The zero-order valence-corrected chi connectivity index (χ0v) is 15.4. The average Bonchev–Trinajstić information content (AvgIpc) is 2.55. The lowest BCUT2D eigenvalue weighted by Gasteiger charge is -2.28. The van der Waals surface area contributed by atoms with Crippen LogP contribution in [0.3, 0.4) is 0 Å². The van der Waals surface area contributed by atoms with E-state index in [0.717, 1.165) is 18.7 Å². The van der Waals surface area contributed by atoms with E-state index in [9.17, 15) is 9.18 Å². The van der Waals surface area contributed by atoms with Crippen LogP contribution in [-0.4, -0.2) is 26.1 Å². The number of piperidine rings is 1. The first kappa shape index (κ1) is 20.7. The Hall–Kier alpha value is -1.33. The van der Waals surface area contributed by atoms with Crippen LogP contribution in [0.15, 0.2) is 18.2 Å². The SMILES string of the molecule is COc1ccc(C(C)NC(=O)CC(C)C2CCCNC2)cc1F.Cl. The van der Waals surface area contributed by atoms with E-state index in [0.29, 0.717) is 18.3 Å². The molecule has 0 aliphatic carbocycles.